The SMILES string of the molecule is Cc1cc(C#N)cc(N2CCN(c3nc(C)ns3)CC2)n1. The second kappa shape index (κ2) is 5.66. The van der Waals surface area contributed by atoms with Crippen LogP contribution >= 0.6 is 11.5 Å². The topological polar surface area (TPSA) is 68.9 Å². The lowest BCUT2D eigenvalue weighted by Gasteiger charge is -2.35. The fourth-order valence-corrected chi connectivity index (χ4v) is 3.14. The van der Waals surface area contributed by atoms with Gasteiger partial charge >= 0.3 is 0 Å². The van der Waals surface area contributed by atoms with Crippen molar-refractivity contribution < 1.29 is 0 Å². The van der Waals surface area contributed by atoms with Gasteiger partial charge in [0.25, 0.3) is 0 Å². The number of nitrogens with zero attached hydrogens (tertiary/aromatic N) is 6. The molecule has 0 bridgehead atoms. The highest BCUT2D eigenvalue weighted by molar-refractivity contribution is 7.09. The van der Waals surface area contributed by atoms with Crippen molar-refractivity contribution in [2.45, 2.75) is 13.8 Å². The predicted molar refractivity (Wildman–Crippen MR) is 82.8 cm³/mol. The first-order chi connectivity index (χ1) is 10.2. The van der Waals surface area contributed by atoms with E-state index in [0.717, 1.165) is 48.6 Å². The van der Waals surface area contributed by atoms with Gasteiger partial charge in [0.05, 0.1) is 11.6 Å². The van der Waals surface area contributed by atoms with Crippen molar-refractivity contribution in [3.8, 4) is 6.07 Å². The van der Waals surface area contributed by atoms with Gasteiger partial charge in [-0.2, -0.15) is 9.64 Å². The van der Waals surface area contributed by atoms with E-state index in [1.54, 1.807) is 0 Å². The highest BCUT2D eigenvalue weighted by atomic mass is 32.1. The molecule has 3 rings (SSSR count). The Morgan fingerprint density at radius 2 is 1.81 bits per heavy atom. The number of nitriles is 1. The van der Waals surface area contributed by atoms with Crippen LogP contribution in [-0.2, 0) is 0 Å². The molecule has 0 spiro atoms. The molecule has 1 saturated heterocycles. The van der Waals surface area contributed by atoms with Crippen LogP contribution in [0.15, 0.2) is 12.1 Å². The van der Waals surface area contributed by atoms with E-state index in [9.17, 15) is 0 Å². The Kier molecular flexibility index (Phi) is 3.71. The third-order valence-corrected chi connectivity index (χ3v) is 4.33. The van der Waals surface area contributed by atoms with Crippen LogP contribution in [0.4, 0.5) is 10.9 Å². The van der Waals surface area contributed by atoms with Crippen molar-refractivity contribution in [2.24, 2.45) is 0 Å². The van der Waals surface area contributed by atoms with Crippen LogP contribution in [0.5, 0.6) is 0 Å². The maximum absolute atomic E-state index is 9.06. The largest absolute Gasteiger partial charge is 0.353 e. The molecule has 0 aromatic carbocycles. The van der Waals surface area contributed by atoms with Gasteiger partial charge in [-0.05, 0) is 26.0 Å². The van der Waals surface area contributed by atoms with Gasteiger partial charge < -0.3 is 9.80 Å². The van der Waals surface area contributed by atoms with E-state index < -0.39 is 0 Å². The molecule has 1 aliphatic rings. The van der Waals surface area contributed by atoms with Gasteiger partial charge in [-0.1, -0.05) is 0 Å². The van der Waals surface area contributed by atoms with Gasteiger partial charge in [-0.15, -0.1) is 0 Å². The highest BCUT2D eigenvalue weighted by Gasteiger charge is 2.21. The van der Waals surface area contributed by atoms with Crippen molar-refractivity contribution in [1.29, 1.82) is 5.26 Å². The summed E-state index contributed by atoms with van der Waals surface area (Å²) in [5, 5.41) is 10.0. The minimum absolute atomic E-state index is 0.666. The van der Waals surface area contributed by atoms with Crippen molar-refractivity contribution in [3.63, 3.8) is 0 Å². The summed E-state index contributed by atoms with van der Waals surface area (Å²) in [6, 6.07) is 5.86. The molecule has 2 aromatic heterocycles. The molecule has 3 heterocycles. The van der Waals surface area contributed by atoms with Gasteiger partial charge in [-0.25, -0.2) is 9.97 Å². The average molecular weight is 300 g/mol. The molecule has 0 N–H and O–H groups in total. The third kappa shape index (κ3) is 2.95. The number of hydrogen-bond acceptors (Lipinski definition) is 7. The number of aryl methyl sites for hydroxylation is 2. The number of anilines is 2. The monoisotopic (exact) mass is 300 g/mol. The Bertz CT molecular complexity index is 681. The molecule has 6 nitrogen and oxygen atoms in total. The molecule has 0 aliphatic carbocycles. The first kappa shape index (κ1) is 13.8. The first-order valence-corrected chi connectivity index (χ1v) is 7.62. The Balaban J connectivity index is 1.71. The lowest BCUT2D eigenvalue weighted by Crippen LogP contribution is -2.46. The Morgan fingerprint density at radius 3 is 2.43 bits per heavy atom. The zero-order valence-electron chi connectivity index (χ0n) is 12.1. The minimum atomic E-state index is 0.666. The van der Waals surface area contributed by atoms with E-state index >= 15 is 0 Å². The Morgan fingerprint density at radius 1 is 1.10 bits per heavy atom. The maximum atomic E-state index is 9.06. The molecule has 1 fully saturated rings. The number of aromatic nitrogens is 3. The summed E-state index contributed by atoms with van der Waals surface area (Å²) in [6.07, 6.45) is 0. The van der Waals surface area contributed by atoms with E-state index in [0.29, 0.717) is 5.56 Å². The van der Waals surface area contributed by atoms with Crippen molar-refractivity contribution >= 4 is 22.5 Å². The zero-order valence-corrected chi connectivity index (χ0v) is 12.9. The summed E-state index contributed by atoms with van der Waals surface area (Å²) in [7, 11) is 0. The molecular weight excluding hydrogens is 284 g/mol. The van der Waals surface area contributed by atoms with Gasteiger partial charge in [0, 0.05) is 43.4 Å². The van der Waals surface area contributed by atoms with Crippen LogP contribution in [0, 0.1) is 25.2 Å². The minimum Gasteiger partial charge on any atom is -0.353 e. The molecule has 0 atom stereocenters. The molecule has 0 unspecified atom stereocenters. The van der Waals surface area contributed by atoms with Crippen LogP contribution in [0.3, 0.4) is 0 Å². The normalized spacial score (nSPS) is 15.1. The van der Waals surface area contributed by atoms with Crippen LogP contribution in [0.1, 0.15) is 17.1 Å². The van der Waals surface area contributed by atoms with Crippen LogP contribution < -0.4 is 9.80 Å². The van der Waals surface area contributed by atoms with Crippen molar-refractivity contribution in [1.82, 2.24) is 14.3 Å². The smallest absolute Gasteiger partial charge is 0.205 e. The Hall–Kier alpha value is -2.20. The predicted octanol–water partition coefficient (Wildman–Crippen LogP) is 1.75. The summed E-state index contributed by atoms with van der Waals surface area (Å²) in [6.45, 7) is 7.37. The molecule has 0 radical (unpaired) electrons. The van der Waals surface area contributed by atoms with E-state index in [-0.39, 0.29) is 0 Å². The summed E-state index contributed by atoms with van der Waals surface area (Å²) < 4.78 is 4.23. The van der Waals surface area contributed by atoms with E-state index in [1.807, 2.05) is 26.0 Å². The number of pyridine rings is 1. The van der Waals surface area contributed by atoms with Crippen LogP contribution in [0.25, 0.3) is 0 Å². The summed E-state index contributed by atoms with van der Waals surface area (Å²) in [4.78, 5) is 13.4. The second-order valence-corrected chi connectivity index (χ2v) is 5.80. The molecule has 21 heavy (non-hydrogen) atoms. The molecule has 2 aromatic rings. The van der Waals surface area contributed by atoms with Crippen molar-refractivity contribution in [2.75, 3.05) is 36.0 Å². The molecular formula is C14H16N6S. The lowest BCUT2D eigenvalue weighted by atomic mass is 10.2. The van der Waals surface area contributed by atoms with Crippen LogP contribution in [-0.4, -0.2) is 40.5 Å². The summed E-state index contributed by atoms with van der Waals surface area (Å²) in [5.41, 5.74) is 1.55. The van der Waals surface area contributed by atoms with E-state index in [2.05, 4.69) is 30.2 Å². The molecule has 108 valence electrons. The summed E-state index contributed by atoms with van der Waals surface area (Å²) >= 11 is 1.45. The molecule has 0 amide bonds. The van der Waals surface area contributed by atoms with Gasteiger partial charge in [0.1, 0.15) is 11.6 Å². The van der Waals surface area contributed by atoms with Gasteiger partial charge in [0.15, 0.2) is 0 Å². The van der Waals surface area contributed by atoms with Gasteiger partial charge in [0.2, 0.25) is 5.13 Å². The first-order valence-electron chi connectivity index (χ1n) is 6.85. The van der Waals surface area contributed by atoms with E-state index in [4.69, 9.17) is 5.26 Å². The van der Waals surface area contributed by atoms with Crippen molar-refractivity contribution in [3.05, 3.63) is 29.2 Å². The fourth-order valence-electron chi connectivity index (χ4n) is 2.42. The lowest BCUT2D eigenvalue weighted by molar-refractivity contribution is 0.645. The maximum Gasteiger partial charge on any atom is 0.205 e. The molecule has 7 heteroatoms. The third-order valence-electron chi connectivity index (χ3n) is 3.46. The standard InChI is InChI=1S/C14H16N6S/c1-10-7-12(9-15)8-13(16-10)19-3-5-20(6-4-19)14-17-11(2)18-21-14/h7-8H,3-6H2,1-2H3. The highest BCUT2D eigenvalue weighted by Crippen LogP contribution is 2.21. The van der Waals surface area contributed by atoms with E-state index in [1.165, 1.54) is 11.5 Å². The second-order valence-electron chi connectivity index (χ2n) is 5.07. The summed E-state index contributed by atoms with van der Waals surface area (Å²) in [5.74, 6) is 1.72. The van der Waals surface area contributed by atoms with Crippen LogP contribution in [0.2, 0.25) is 0 Å². The number of rotatable bonds is 2. The fraction of sp³-hybridized carbons (Fsp3) is 0.429. The van der Waals surface area contributed by atoms with Gasteiger partial charge in [-0.3, -0.25) is 0 Å². The average Bonchev–Trinajstić information content (AvgIpc) is 2.93. The quantitative estimate of drug-likeness (QED) is 0.841. The number of hydrogen-bond donors (Lipinski definition) is 0. The molecule has 1 aliphatic heterocycles. The Labute approximate surface area is 127 Å². The molecule has 0 saturated carbocycles. The zero-order chi connectivity index (χ0) is 14.8. The number of piperazine rings is 1.